The van der Waals surface area contributed by atoms with Gasteiger partial charge in [-0.15, -0.1) is 0 Å². The van der Waals surface area contributed by atoms with Crippen molar-refractivity contribution in [1.82, 2.24) is 0 Å². The van der Waals surface area contributed by atoms with Crippen LogP contribution in [-0.4, -0.2) is 98.4 Å². The number of halogens is 1. The maximum Gasteiger partial charge on any atom is 0.314 e. The number of cyclic esters (lactones) is 1. The first kappa shape index (κ1) is 33.4. The van der Waals surface area contributed by atoms with Crippen LogP contribution in [0.4, 0.5) is 0 Å². The summed E-state index contributed by atoms with van der Waals surface area (Å²) in [5.74, 6) is -3.71. The third kappa shape index (κ3) is 7.81. The largest absolute Gasteiger partial charge is 0.457 e. The zero-order valence-corrected chi connectivity index (χ0v) is 26.0. The molecule has 0 aromatic heterocycles. The Morgan fingerprint density at radius 2 is 1.80 bits per heavy atom. The van der Waals surface area contributed by atoms with Gasteiger partial charge in [0.25, 0.3) is 0 Å². The zero-order chi connectivity index (χ0) is 29.6. The van der Waals surface area contributed by atoms with Crippen LogP contribution >= 0.6 is 15.9 Å². The van der Waals surface area contributed by atoms with Crippen LogP contribution in [0.5, 0.6) is 0 Å². The molecule has 3 aliphatic heterocycles. The molecule has 0 aliphatic carbocycles. The van der Waals surface area contributed by atoms with Crippen molar-refractivity contribution < 1.29 is 48.2 Å². The maximum absolute atomic E-state index is 13.3. The Balaban J connectivity index is 1.94. The van der Waals surface area contributed by atoms with Gasteiger partial charge in [0.1, 0.15) is 30.3 Å². The molecule has 11 heteroatoms. The summed E-state index contributed by atoms with van der Waals surface area (Å²) in [6.45, 7) is 7.32. The third-order valence-electron chi connectivity index (χ3n) is 8.20. The Kier molecular flexibility index (Phi) is 12.4. The molecule has 0 amide bonds. The van der Waals surface area contributed by atoms with Gasteiger partial charge in [0.05, 0.1) is 24.4 Å². The molecule has 40 heavy (non-hydrogen) atoms. The van der Waals surface area contributed by atoms with Crippen molar-refractivity contribution in [2.24, 2.45) is 11.8 Å². The molecule has 12 atom stereocenters. The number of rotatable bonds is 7. The van der Waals surface area contributed by atoms with Gasteiger partial charge in [0.15, 0.2) is 12.1 Å². The van der Waals surface area contributed by atoms with E-state index in [1.807, 2.05) is 19.9 Å². The van der Waals surface area contributed by atoms with Crippen molar-refractivity contribution in [3.8, 4) is 0 Å². The smallest absolute Gasteiger partial charge is 0.314 e. The average molecular weight is 634 g/mol. The van der Waals surface area contributed by atoms with Gasteiger partial charge in [-0.1, -0.05) is 46.7 Å². The van der Waals surface area contributed by atoms with E-state index in [1.165, 1.54) is 14.2 Å². The van der Waals surface area contributed by atoms with Crippen LogP contribution in [0, 0.1) is 11.8 Å². The molecule has 2 bridgehead atoms. The molecule has 3 rings (SSSR count). The van der Waals surface area contributed by atoms with Gasteiger partial charge in [0, 0.05) is 46.5 Å². The first-order valence-electron chi connectivity index (χ1n) is 13.8. The van der Waals surface area contributed by atoms with Gasteiger partial charge < -0.3 is 43.4 Å². The number of carbonyl (C=O) groups excluding carboxylic acids is 1. The number of ether oxygens (including phenoxy) is 7. The lowest BCUT2D eigenvalue weighted by Crippen LogP contribution is -2.62. The van der Waals surface area contributed by atoms with E-state index in [0.29, 0.717) is 12.8 Å². The quantitative estimate of drug-likeness (QED) is 0.245. The molecular weight excluding hydrogens is 588 g/mol. The minimum absolute atomic E-state index is 0.0191. The van der Waals surface area contributed by atoms with E-state index < -0.39 is 66.7 Å². The summed E-state index contributed by atoms with van der Waals surface area (Å²) in [5.41, 5.74) is 0.992. The fourth-order valence-corrected chi connectivity index (χ4v) is 5.85. The number of allylic oxidation sites excluding steroid dienone is 2. The average Bonchev–Trinajstić information content (AvgIpc) is 2.90. The van der Waals surface area contributed by atoms with Gasteiger partial charge >= 0.3 is 5.97 Å². The molecule has 0 aromatic rings. The summed E-state index contributed by atoms with van der Waals surface area (Å²) in [5, 5.41) is 22.7. The minimum atomic E-state index is -1.88. The van der Waals surface area contributed by atoms with E-state index >= 15 is 0 Å². The van der Waals surface area contributed by atoms with Crippen LogP contribution in [0.15, 0.2) is 34.9 Å². The molecule has 0 radical (unpaired) electrons. The second-order valence-electron chi connectivity index (χ2n) is 11.0. The molecule has 10 nitrogen and oxygen atoms in total. The monoisotopic (exact) mass is 632 g/mol. The molecule has 1 unspecified atom stereocenters. The van der Waals surface area contributed by atoms with E-state index in [9.17, 15) is 15.0 Å². The van der Waals surface area contributed by atoms with Gasteiger partial charge in [-0.05, 0) is 31.8 Å². The summed E-state index contributed by atoms with van der Waals surface area (Å²) >= 11 is 3.23. The Morgan fingerprint density at radius 3 is 2.42 bits per heavy atom. The van der Waals surface area contributed by atoms with Gasteiger partial charge in [0.2, 0.25) is 0 Å². The second kappa shape index (κ2) is 14.8. The van der Waals surface area contributed by atoms with Crippen molar-refractivity contribution in [2.45, 2.75) is 108 Å². The summed E-state index contributed by atoms with van der Waals surface area (Å²) in [6, 6.07) is 0. The Labute approximate surface area is 245 Å². The molecule has 0 aromatic carbocycles. The fourth-order valence-electron chi connectivity index (χ4n) is 5.68. The molecule has 2 N–H and O–H groups in total. The molecule has 2 saturated heterocycles. The number of aliphatic hydroxyl groups is 2. The lowest BCUT2D eigenvalue weighted by Gasteiger charge is -2.49. The SMILES string of the molecule is CO[C@@H]1[C@@H](O)[C@@H](OC)[C@H](O[C@@H]2C[C@]3(O)OC(C[C@H](OC)/C=C(\C)C[C@H](/C=C/C=C/Br)OC(=O)[C@H]3C)[C@H]2C)O[C@H]1C. The van der Waals surface area contributed by atoms with E-state index in [4.69, 9.17) is 33.2 Å². The Bertz CT molecular complexity index is 924. The van der Waals surface area contributed by atoms with E-state index in [1.54, 1.807) is 44.2 Å². The van der Waals surface area contributed by atoms with Crippen LogP contribution in [0.1, 0.15) is 47.0 Å². The Morgan fingerprint density at radius 1 is 1.10 bits per heavy atom. The van der Waals surface area contributed by atoms with Crippen molar-refractivity contribution in [3.05, 3.63) is 34.9 Å². The van der Waals surface area contributed by atoms with Crippen LogP contribution in [0.3, 0.4) is 0 Å². The zero-order valence-electron chi connectivity index (χ0n) is 24.4. The first-order valence-corrected chi connectivity index (χ1v) is 14.7. The van der Waals surface area contributed by atoms with E-state index in [-0.39, 0.29) is 18.4 Å². The van der Waals surface area contributed by atoms with Crippen LogP contribution < -0.4 is 0 Å². The van der Waals surface area contributed by atoms with Crippen molar-refractivity contribution in [1.29, 1.82) is 0 Å². The summed E-state index contributed by atoms with van der Waals surface area (Å²) in [7, 11) is 4.60. The Hall–Kier alpha value is -1.15. The molecule has 3 heterocycles. The number of hydrogen-bond acceptors (Lipinski definition) is 10. The molecule has 2 fully saturated rings. The highest BCUT2D eigenvalue weighted by molar-refractivity contribution is 9.11. The highest BCUT2D eigenvalue weighted by Gasteiger charge is 2.53. The molecule has 0 spiro atoms. The van der Waals surface area contributed by atoms with Gasteiger partial charge in [-0.3, -0.25) is 4.79 Å². The summed E-state index contributed by atoms with van der Waals surface area (Å²) in [6.07, 6.45) is 2.45. The maximum atomic E-state index is 13.3. The minimum Gasteiger partial charge on any atom is -0.457 e. The van der Waals surface area contributed by atoms with E-state index in [2.05, 4.69) is 15.9 Å². The predicted octanol–water partition coefficient (Wildman–Crippen LogP) is 3.39. The summed E-state index contributed by atoms with van der Waals surface area (Å²) in [4.78, 5) is 15.0. The van der Waals surface area contributed by atoms with Gasteiger partial charge in [-0.25, -0.2) is 0 Å². The predicted molar refractivity (Wildman–Crippen MR) is 150 cm³/mol. The highest BCUT2D eigenvalue weighted by Crippen LogP contribution is 2.42. The third-order valence-corrected chi connectivity index (χ3v) is 8.50. The fraction of sp³-hybridized carbons (Fsp3) is 0.759. The summed E-state index contributed by atoms with van der Waals surface area (Å²) < 4.78 is 41.4. The number of aliphatic hydroxyl groups excluding tert-OH is 1. The number of hydrogen-bond donors (Lipinski definition) is 2. The number of carbonyl (C=O) groups is 1. The molecule has 228 valence electrons. The number of methoxy groups -OCH3 is 3. The van der Waals surface area contributed by atoms with Crippen LogP contribution in [-0.2, 0) is 38.0 Å². The van der Waals surface area contributed by atoms with Crippen molar-refractivity contribution in [3.63, 3.8) is 0 Å². The van der Waals surface area contributed by atoms with Crippen LogP contribution in [0.25, 0.3) is 0 Å². The second-order valence-corrected chi connectivity index (χ2v) is 11.5. The number of fused-ring (bicyclic) bond motifs is 2. The first-order chi connectivity index (χ1) is 19.0. The normalized spacial score (nSPS) is 45.0. The van der Waals surface area contributed by atoms with Gasteiger partial charge in [-0.2, -0.15) is 0 Å². The molecule has 0 saturated carbocycles. The van der Waals surface area contributed by atoms with Crippen LogP contribution in [0.2, 0.25) is 0 Å². The molecular formula is C29H45BrO10. The number of esters is 1. The lowest BCUT2D eigenvalue weighted by atomic mass is 9.81. The molecule has 3 aliphatic rings. The standard InChI is InChI=1S/C29H45BrO10/c1-16-12-20(10-8-9-11-30)38-27(32)18(3)29(33)15-23(17(2)22(40-29)14-21(13-16)34-5)39-28-26(36-7)24(31)25(35-6)19(4)37-28/h8-11,13,17-26,28,31,33H,12,14-15H2,1-7H3/b10-8+,11-9+,16-13+/t17-,18-,19+,20+,21-,22?,23-,24-,25+,26-,28+,29+/m1/s1. The lowest BCUT2D eigenvalue weighted by molar-refractivity contribution is -0.354. The topological polar surface area (TPSA) is 122 Å². The van der Waals surface area contributed by atoms with E-state index in [0.717, 1.165) is 5.57 Å². The van der Waals surface area contributed by atoms with Crippen molar-refractivity contribution >= 4 is 21.9 Å². The van der Waals surface area contributed by atoms with Crippen molar-refractivity contribution in [2.75, 3.05) is 21.3 Å². The highest BCUT2D eigenvalue weighted by atomic mass is 79.9.